The van der Waals surface area contributed by atoms with Gasteiger partial charge in [-0.3, -0.25) is 24.2 Å². The molecule has 0 spiro atoms. The maximum absolute atomic E-state index is 13.2. The number of methoxy groups -OCH3 is 2. The third kappa shape index (κ3) is 5.11. The van der Waals surface area contributed by atoms with Crippen LogP contribution in [0.1, 0.15) is 37.7 Å². The highest BCUT2D eigenvalue weighted by Gasteiger charge is 2.36. The molecule has 36 heavy (non-hydrogen) atoms. The van der Waals surface area contributed by atoms with E-state index in [9.17, 15) is 19.2 Å². The monoisotopic (exact) mass is 499 g/mol. The maximum atomic E-state index is 13.2. The van der Waals surface area contributed by atoms with Gasteiger partial charge in [0.15, 0.2) is 0 Å². The molecule has 2 aromatic rings. The number of aromatic nitrogens is 2. The predicted octanol–water partition coefficient (Wildman–Crippen LogP) is 1.63. The molecule has 2 aliphatic rings. The Labute approximate surface area is 207 Å². The SMILES string of the molecule is CCOC(=O)C1CCCN(c2nc3c(c(=O)[nH]2)C(C(=O)Nc2ccc(OC)cc2OC)CC(=O)N3)C1. The zero-order chi connectivity index (χ0) is 25.8. The van der Waals surface area contributed by atoms with Gasteiger partial charge in [0.05, 0.1) is 43.9 Å². The van der Waals surface area contributed by atoms with Crippen molar-refractivity contribution in [2.24, 2.45) is 5.92 Å². The smallest absolute Gasteiger partial charge is 0.310 e. The third-order valence-corrected chi connectivity index (χ3v) is 6.26. The fraction of sp³-hybridized carbons (Fsp3) is 0.458. The summed E-state index contributed by atoms with van der Waals surface area (Å²) in [5.41, 5.74) is -0.0902. The van der Waals surface area contributed by atoms with Crippen molar-refractivity contribution in [1.29, 1.82) is 0 Å². The molecule has 0 bridgehead atoms. The summed E-state index contributed by atoms with van der Waals surface area (Å²) in [5.74, 6) is -1.49. The van der Waals surface area contributed by atoms with Crippen LogP contribution in [0, 0.1) is 5.92 Å². The normalized spacial score (nSPS) is 19.1. The fourth-order valence-corrected chi connectivity index (χ4v) is 4.48. The molecule has 12 heteroatoms. The summed E-state index contributed by atoms with van der Waals surface area (Å²) in [5, 5.41) is 5.35. The average Bonchev–Trinajstić information content (AvgIpc) is 2.88. The van der Waals surface area contributed by atoms with Crippen molar-refractivity contribution >= 4 is 35.2 Å². The van der Waals surface area contributed by atoms with Gasteiger partial charge in [0.2, 0.25) is 17.8 Å². The topological polar surface area (TPSA) is 152 Å². The van der Waals surface area contributed by atoms with Crippen molar-refractivity contribution in [1.82, 2.24) is 9.97 Å². The second-order valence-corrected chi connectivity index (χ2v) is 8.55. The number of esters is 1. The average molecular weight is 500 g/mol. The summed E-state index contributed by atoms with van der Waals surface area (Å²) < 4.78 is 15.6. The van der Waals surface area contributed by atoms with Crippen LogP contribution >= 0.6 is 0 Å². The number of hydrogen-bond acceptors (Lipinski definition) is 9. The Hall–Kier alpha value is -4.09. The first-order valence-electron chi connectivity index (χ1n) is 11.7. The fourth-order valence-electron chi connectivity index (χ4n) is 4.48. The predicted molar refractivity (Wildman–Crippen MR) is 131 cm³/mol. The minimum atomic E-state index is -1.06. The van der Waals surface area contributed by atoms with Crippen molar-refractivity contribution in [3.05, 3.63) is 34.1 Å². The minimum absolute atomic E-state index is 0.0325. The van der Waals surface area contributed by atoms with E-state index in [2.05, 4.69) is 20.6 Å². The number of hydrogen-bond donors (Lipinski definition) is 3. The lowest BCUT2D eigenvalue weighted by Gasteiger charge is -2.32. The van der Waals surface area contributed by atoms with E-state index in [1.807, 2.05) is 0 Å². The Morgan fingerprint density at radius 2 is 2.03 bits per heavy atom. The van der Waals surface area contributed by atoms with E-state index in [0.29, 0.717) is 49.7 Å². The van der Waals surface area contributed by atoms with Crippen LogP contribution < -0.4 is 30.6 Å². The number of H-pyrrole nitrogens is 1. The van der Waals surface area contributed by atoms with Crippen LogP contribution in [0.25, 0.3) is 0 Å². The number of carbonyl (C=O) groups excluding carboxylic acids is 3. The lowest BCUT2D eigenvalue weighted by molar-refractivity contribution is -0.148. The molecule has 2 unspecified atom stereocenters. The molecule has 3 heterocycles. The molecule has 1 aromatic heterocycles. The van der Waals surface area contributed by atoms with Crippen LogP contribution in [-0.4, -0.2) is 61.7 Å². The number of anilines is 3. The van der Waals surface area contributed by atoms with E-state index in [1.165, 1.54) is 14.2 Å². The number of piperidine rings is 1. The summed E-state index contributed by atoms with van der Waals surface area (Å²) in [4.78, 5) is 60.0. The van der Waals surface area contributed by atoms with E-state index < -0.39 is 23.3 Å². The molecule has 1 fully saturated rings. The molecule has 0 radical (unpaired) electrons. The zero-order valence-electron chi connectivity index (χ0n) is 20.4. The zero-order valence-corrected chi connectivity index (χ0v) is 20.4. The second kappa shape index (κ2) is 10.7. The highest BCUT2D eigenvalue weighted by molar-refractivity contribution is 6.05. The molecule has 2 aliphatic heterocycles. The first-order chi connectivity index (χ1) is 17.3. The summed E-state index contributed by atoms with van der Waals surface area (Å²) in [7, 11) is 2.97. The van der Waals surface area contributed by atoms with Gasteiger partial charge in [-0.05, 0) is 31.9 Å². The summed E-state index contributed by atoms with van der Waals surface area (Å²) in [6.07, 6.45) is 1.18. The highest BCUT2D eigenvalue weighted by Crippen LogP contribution is 2.34. The molecule has 0 saturated carbocycles. The third-order valence-electron chi connectivity index (χ3n) is 6.26. The first kappa shape index (κ1) is 25.0. The van der Waals surface area contributed by atoms with Gasteiger partial charge in [0.25, 0.3) is 5.56 Å². The molecule has 3 N–H and O–H groups in total. The van der Waals surface area contributed by atoms with E-state index in [-0.39, 0.29) is 35.6 Å². The summed E-state index contributed by atoms with van der Waals surface area (Å²) in [6.45, 7) is 2.95. The quantitative estimate of drug-likeness (QED) is 0.483. The standard InChI is InChI=1S/C24H29N5O7/c1-4-36-23(33)13-6-5-9-29(12-13)24-27-20-19(22(32)28-24)15(11-18(30)26-20)21(31)25-16-8-7-14(34-2)10-17(16)35-3/h7-8,10,13,15H,4-6,9,11-12H2,1-3H3,(H,25,31)(H2,26,27,28,30,32). The van der Waals surface area contributed by atoms with Gasteiger partial charge in [-0.2, -0.15) is 4.98 Å². The van der Waals surface area contributed by atoms with Gasteiger partial charge in [-0.25, -0.2) is 0 Å². The van der Waals surface area contributed by atoms with Crippen LogP contribution in [-0.2, 0) is 19.1 Å². The molecule has 12 nitrogen and oxygen atoms in total. The molecule has 4 rings (SSSR count). The lowest BCUT2D eigenvalue weighted by atomic mass is 9.92. The number of ether oxygens (including phenoxy) is 3. The Bertz CT molecular complexity index is 1230. The molecule has 1 aromatic carbocycles. The number of nitrogens with zero attached hydrogens (tertiary/aromatic N) is 2. The number of amides is 2. The van der Waals surface area contributed by atoms with Crippen LogP contribution in [0.2, 0.25) is 0 Å². The van der Waals surface area contributed by atoms with Crippen molar-refractivity contribution in [3.8, 4) is 11.5 Å². The van der Waals surface area contributed by atoms with Gasteiger partial charge < -0.3 is 29.7 Å². The first-order valence-corrected chi connectivity index (χ1v) is 11.7. The number of carbonyl (C=O) groups is 3. The Balaban J connectivity index is 1.60. The van der Waals surface area contributed by atoms with E-state index >= 15 is 0 Å². The number of aromatic amines is 1. The molecule has 1 saturated heterocycles. The van der Waals surface area contributed by atoms with E-state index in [1.54, 1.807) is 30.0 Å². The van der Waals surface area contributed by atoms with Crippen LogP contribution in [0.4, 0.5) is 17.5 Å². The highest BCUT2D eigenvalue weighted by atomic mass is 16.5. The van der Waals surface area contributed by atoms with Crippen molar-refractivity contribution in [2.75, 3.05) is 49.4 Å². The number of rotatable bonds is 7. The van der Waals surface area contributed by atoms with Gasteiger partial charge in [-0.15, -0.1) is 0 Å². The van der Waals surface area contributed by atoms with Crippen LogP contribution in [0.5, 0.6) is 11.5 Å². The van der Waals surface area contributed by atoms with Crippen LogP contribution in [0.15, 0.2) is 23.0 Å². The van der Waals surface area contributed by atoms with E-state index in [0.717, 1.165) is 0 Å². The minimum Gasteiger partial charge on any atom is -0.497 e. The van der Waals surface area contributed by atoms with Gasteiger partial charge >= 0.3 is 5.97 Å². The van der Waals surface area contributed by atoms with Gasteiger partial charge in [-0.1, -0.05) is 0 Å². The molecular weight excluding hydrogens is 470 g/mol. The molecule has 2 amide bonds. The summed E-state index contributed by atoms with van der Waals surface area (Å²) in [6, 6.07) is 4.88. The van der Waals surface area contributed by atoms with Gasteiger partial charge in [0.1, 0.15) is 17.3 Å². The molecule has 0 aliphatic carbocycles. The number of benzene rings is 1. The molecule has 2 atom stereocenters. The Morgan fingerprint density at radius 1 is 1.22 bits per heavy atom. The Kier molecular flexibility index (Phi) is 7.41. The van der Waals surface area contributed by atoms with Crippen molar-refractivity contribution in [3.63, 3.8) is 0 Å². The van der Waals surface area contributed by atoms with E-state index in [4.69, 9.17) is 14.2 Å². The molecular formula is C24H29N5O7. The largest absolute Gasteiger partial charge is 0.497 e. The number of nitrogens with one attached hydrogen (secondary N) is 3. The summed E-state index contributed by atoms with van der Waals surface area (Å²) >= 11 is 0. The molecule has 192 valence electrons. The lowest BCUT2D eigenvalue weighted by Crippen LogP contribution is -2.42. The van der Waals surface area contributed by atoms with Gasteiger partial charge in [0, 0.05) is 25.6 Å². The number of fused-ring (bicyclic) bond motifs is 1. The Morgan fingerprint density at radius 3 is 2.75 bits per heavy atom. The second-order valence-electron chi connectivity index (χ2n) is 8.55. The maximum Gasteiger partial charge on any atom is 0.310 e. The van der Waals surface area contributed by atoms with Crippen LogP contribution in [0.3, 0.4) is 0 Å². The van der Waals surface area contributed by atoms with Crippen molar-refractivity contribution in [2.45, 2.75) is 32.1 Å². The van der Waals surface area contributed by atoms with Crippen molar-refractivity contribution < 1.29 is 28.6 Å².